The van der Waals surface area contributed by atoms with E-state index in [4.69, 9.17) is 16.6 Å². The van der Waals surface area contributed by atoms with Crippen molar-refractivity contribution in [3.63, 3.8) is 0 Å². The number of aryl methyl sites for hydroxylation is 2. The molecular formula is C24H27ClN2O2. The molecule has 0 saturated carbocycles. The van der Waals surface area contributed by atoms with Crippen LogP contribution in [0.1, 0.15) is 48.6 Å². The molecule has 4 nitrogen and oxygen atoms in total. The van der Waals surface area contributed by atoms with Crippen LogP contribution in [-0.2, 0) is 23.1 Å². The van der Waals surface area contributed by atoms with Crippen molar-refractivity contribution in [1.29, 1.82) is 0 Å². The molecule has 2 heterocycles. The third-order valence-corrected chi connectivity index (χ3v) is 6.63. The zero-order chi connectivity index (χ0) is 20.4. The maximum absolute atomic E-state index is 11.9. The fourth-order valence-electron chi connectivity index (χ4n) is 5.03. The minimum Gasteiger partial charge on any atom is -0.396 e. The number of pyridine rings is 1. The highest BCUT2D eigenvalue weighted by atomic mass is 35.5. The van der Waals surface area contributed by atoms with Gasteiger partial charge in [0.2, 0.25) is 5.91 Å². The van der Waals surface area contributed by atoms with Gasteiger partial charge >= 0.3 is 0 Å². The van der Waals surface area contributed by atoms with Gasteiger partial charge in [0.05, 0.1) is 11.1 Å². The molecule has 1 aliphatic heterocycles. The summed E-state index contributed by atoms with van der Waals surface area (Å²) in [7, 11) is 0. The van der Waals surface area contributed by atoms with E-state index in [9.17, 15) is 9.90 Å². The quantitative estimate of drug-likeness (QED) is 0.773. The fraction of sp³-hybridized carbons (Fsp3) is 0.417. The summed E-state index contributed by atoms with van der Waals surface area (Å²) in [6.45, 7) is 3.10. The number of halogens is 1. The van der Waals surface area contributed by atoms with E-state index in [1.54, 1.807) is 6.92 Å². The standard InChI is InChI=1S/C24H27ClN2O2/c1-17(29)27-13-9-20(10-14-27)24(11-3-15-28)22-8-7-21(25)16-19(22)6-5-18-4-2-12-26-23(18)24/h2,4,7-9,12,16,28H,3,5-6,10-11,13-15H2,1H3. The third kappa shape index (κ3) is 3.60. The van der Waals surface area contributed by atoms with Gasteiger partial charge in [-0.2, -0.15) is 0 Å². The summed E-state index contributed by atoms with van der Waals surface area (Å²) in [5.41, 5.74) is 5.76. The molecule has 5 heteroatoms. The molecule has 0 bridgehead atoms. The number of nitrogens with zero attached hydrogens (tertiary/aromatic N) is 2. The van der Waals surface area contributed by atoms with Crippen LogP contribution in [0.3, 0.4) is 0 Å². The molecule has 29 heavy (non-hydrogen) atoms. The Balaban J connectivity index is 1.95. The van der Waals surface area contributed by atoms with Crippen molar-refractivity contribution in [1.82, 2.24) is 9.88 Å². The first-order chi connectivity index (χ1) is 14.1. The van der Waals surface area contributed by atoms with Gasteiger partial charge in [-0.15, -0.1) is 0 Å². The Morgan fingerprint density at radius 3 is 2.79 bits per heavy atom. The second-order valence-electron chi connectivity index (χ2n) is 7.99. The van der Waals surface area contributed by atoms with Crippen LogP contribution in [-0.4, -0.2) is 40.6 Å². The van der Waals surface area contributed by atoms with Gasteiger partial charge in [0.25, 0.3) is 0 Å². The van der Waals surface area contributed by atoms with Crippen LogP contribution in [0, 0.1) is 0 Å². The van der Waals surface area contributed by atoms with Crippen molar-refractivity contribution in [3.8, 4) is 0 Å². The molecule has 4 rings (SSSR count). The Bertz CT molecular complexity index is 956. The lowest BCUT2D eigenvalue weighted by Gasteiger charge is -2.41. The number of carbonyl (C=O) groups is 1. The highest BCUT2D eigenvalue weighted by molar-refractivity contribution is 6.30. The van der Waals surface area contributed by atoms with Gasteiger partial charge in [-0.05, 0) is 67.0 Å². The van der Waals surface area contributed by atoms with Crippen molar-refractivity contribution in [2.24, 2.45) is 0 Å². The largest absolute Gasteiger partial charge is 0.396 e. The lowest BCUT2D eigenvalue weighted by molar-refractivity contribution is -0.128. The number of amides is 1. The van der Waals surface area contributed by atoms with Crippen molar-refractivity contribution < 1.29 is 9.90 Å². The molecule has 1 N–H and O–H groups in total. The normalized spacial score (nSPS) is 21.1. The Labute approximate surface area is 177 Å². The summed E-state index contributed by atoms with van der Waals surface area (Å²) >= 11 is 6.36. The number of rotatable bonds is 4. The van der Waals surface area contributed by atoms with Gasteiger partial charge in [-0.3, -0.25) is 9.78 Å². The smallest absolute Gasteiger partial charge is 0.219 e. The van der Waals surface area contributed by atoms with Gasteiger partial charge in [0, 0.05) is 37.8 Å². The molecule has 0 fully saturated rings. The predicted octanol–water partition coefficient (Wildman–Crippen LogP) is 4.07. The number of hydrogen-bond acceptors (Lipinski definition) is 3. The van der Waals surface area contributed by atoms with Crippen LogP contribution in [0.15, 0.2) is 48.2 Å². The predicted molar refractivity (Wildman–Crippen MR) is 115 cm³/mol. The highest BCUT2D eigenvalue weighted by Crippen LogP contribution is 2.49. The molecule has 1 atom stereocenters. The Hall–Kier alpha value is -2.17. The third-order valence-electron chi connectivity index (χ3n) is 6.40. The molecule has 1 aromatic carbocycles. The van der Waals surface area contributed by atoms with Gasteiger partial charge in [0.1, 0.15) is 0 Å². The maximum Gasteiger partial charge on any atom is 0.219 e. The van der Waals surface area contributed by atoms with E-state index in [0.717, 1.165) is 36.4 Å². The molecular weight excluding hydrogens is 384 g/mol. The number of hydrogen-bond donors (Lipinski definition) is 1. The summed E-state index contributed by atoms with van der Waals surface area (Å²) in [4.78, 5) is 18.6. The van der Waals surface area contributed by atoms with E-state index in [2.05, 4.69) is 24.3 Å². The van der Waals surface area contributed by atoms with E-state index in [1.807, 2.05) is 23.2 Å². The van der Waals surface area contributed by atoms with Crippen LogP contribution < -0.4 is 0 Å². The molecule has 0 saturated heterocycles. The minimum absolute atomic E-state index is 0.108. The van der Waals surface area contributed by atoms with Crippen LogP contribution in [0.4, 0.5) is 0 Å². The molecule has 2 aromatic rings. The van der Waals surface area contributed by atoms with Crippen LogP contribution in [0.5, 0.6) is 0 Å². The van der Waals surface area contributed by atoms with Crippen molar-refractivity contribution in [2.45, 2.75) is 44.4 Å². The van der Waals surface area contributed by atoms with Gasteiger partial charge in [0.15, 0.2) is 0 Å². The van der Waals surface area contributed by atoms with E-state index in [-0.39, 0.29) is 12.5 Å². The molecule has 152 valence electrons. The zero-order valence-corrected chi connectivity index (χ0v) is 17.6. The summed E-state index contributed by atoms with van der Waals surface area (Å²) in [6.07, 6.45) is 8.21. The van der Waals surface area contributed by atoms with Crippen molar-refractivity contribution in [3.05, 3.63) is 75.6 Å². The van der Waals surface area contributed by atoms with Crippen LogP contribution in [0.25, 0.3) is 0 Å². The molecule has 0 spiro atoms. The number of carbonyl (C=O) groups excluding carboxylic acids is 1. The monoisotopic (exact) mass is 410 g/mol. The van der Waals surface area contributed by atoms with E-state index in [0.29, 0.717) is 19.5 Å². The lowest BCUT2D eigenvalue weighted by atomic mass is 9.65. The van der Waals surface area contributed by atoms with Crippen molar-refractivity contribution >= 4 is 17.5 Å². The minimum atomic E-state index is -0.390. The van der Waals surface area contributed by atoms with Gasteiger partial charge < -0.3 is 10.0 Å². The average molecular weight is 411 g/mol. The Morgan fingerprint density at radius 1 is 1.24 bits per heavy atom. The Kier molecular flexibility index (Phi) is 5.75. The summed E-state index contributed by atoms with van der Waals surface area (Å²) in [5, 5.41) is 10.5. The SMILES string of the molecule is CC(=O)N1CC=C(C2(CCCO)c3ccc(Cl)cc3CCc3cccnc32)CC1. The van der Waals surface area contributed by atoms with Crippen molar-refractivity contribution in [2.75, 3.05) is 19.7 Å². The fourth-order valence-corrected chi connectivity index (χ4v) is 5.23. The van der Waals surface area contributed by atoms with E-state index < -0.39 is 5.41 Å². The first kappa shape index (κ1) is 20.1. The summed E-state index contributed by atoms with van der Waals surface area (Å²) < 4.78 is 0. The zero-order valence-electron chi connectivity index (χ0n) is 16.8. The summed E-state index contributed by atoms with van der Waals surface area (Å²) in [5.74, 6) is 0.108. The number of aliphatic hydroxyl groups excluding tert-OH is 1. The summed E-state index contributed by atoms with van der Waals surface area (Å²) in [6, 6.07) is 10.4. The first-order valence-electron chi connectivity index (χ1n) is 10.4. The highest BCUT2D eigenvalue weighted by Gasteiger charge is 2.43. The molecule has 0 radical (unpaired) electrons. The number of aromatic nitrogens is 1. The van der Waals surface area contributed by atoms with E-state index in [1.165, 1.54) is 22.3 Å². The first-order valence-corrected chi connectivity index (χ1v) is 10.7. The molecule has 1 aliphatic carbocycles. The maximum atomic E-state index is 11.9. The topological polar surface area (TPSA) is 53.4 Å². The molecule has 1 aromatic heterocycles. The second-order valence-corrected chi connectivity index (χ2v) is 8.43. The van der Waals surface area contributed by atoms with Gasteiger partial charge in [-0.25, -0.2) is 0 Å². The number of aliphatic hydroxyl groups is 1. The number of fused-ring (bicyclic) bond motifs is 2. The molecule has 2 aliphatic rings. The van der Waals surface area contributed by atoms with Crippen LogP contribution >= 0.6 is 11.6 Å². The van der Waals surface area contributed by atoms with E-state index >= 15 is 0 Å². The second kappa shape index (κ2) is 8.29. The number of benzene rings is 1. The lowest BCUT2D eigenvalue weighted by Crippen LogP contribution is -2.40. The Morgan fingerprint density at radius 2 is 2.07 bits per heavy atom. The van der Waals surface area contributed by atoms with Gasteiger partial charge in [-0.1, -0.05) is 35.4 Å². The van der Waals surface area contributed by atoms with Crippen LogP contribution in [0.2, 0.25) is 5.02 Å². The molecule has 1 unspecified atom stereocenters. The molecule has 1 amide bonds. The average Bonchev–Trinajstić information content (AvgIpc) is 2.87.